The van der Waals surface area contributed by atoms with Gasteiger partial charge >= 0.3 is 0 Å². The molecule has 0 aromatic heterocycles. The lowest BCUT2D eigenvalue weighted by atomic mass is 10.0. The van der Waals surface area contributed by atoms with Crippen molar-refractivity contribution in [2.24, 2.45) is 11.0 Å². The van der Waals surface area contributed by atoms with E-state index in [4.69, 9.17) is 0 Å². The zero-order valence-electron chi connectivity index (χ0n) is 12.8. The number of sulfone groups is 1. The number of carbonyl (C=O) groups is 1. The van der Waals surface area contributed by atoms with E-state index in [0.29, 0.717) is 12.1 Å². The summed E-state index contributed by atoms with van der Waals surface area (Å²) in [4.78, 5) is 12.0. The number of hydrogen-bond donors (Lipinski definition) is 1. The number of benzene rings is 2. The predicted molar refractivity (Wildman–Crippen MR) is 91.1 cm³/mol. The molecule has 2 aromatic rings. The fraction of sp³-hybridized carbons (Fsp3) is 0.294. The summed E-state index contributed by atoms with van der Waals surface area (Å²) in [7, 11) is -3.06. The van der Waals surface area contributed by atoms with Crippen LogP contribution in [-0.2, 0) is 14.6 Å². The Bertz CT molecular complexity index is 888. The molecule has 0 spiro atoms. The van der Waals surface area contributed by atoms with Gasteiger partial charge in [0.15, 0.2) is 9.84 Å². The Hall–Kier alpha value is -2.21. The first-order chi connectivity index (χ1) is 10.9. The van der Waals surface area contributed by atoms with Crippen LogP contribution in [0.4, 0.5) is 0 Å². The van der Waals surface area contributed by atoms with Crippen LogP contribution in [0.5, 0.6) is 0 Å². The standard InChI is InChI=1S/C17H18N2O3S/c1-12(14-7-6-13-4-2-3-5-15(13)10-14)18-19-17(20)16-8-9-23(21,22)11-16/h2-7,10,16H,8-9,11H2,1H3,(H,19,20)/b18-12-/t16-/m1/s1. The van der Waals surface area contributed by atoms with Crippen LogP contribution in [0.3, 0.4) is 0 Å². The number of nitrogens with zero attached hydrogens (tertiary/aromatic N) is 1. The summed E-state index contributed by atoms with van der Waals surface area (Å²) in [6, 6.07) is 14.0. The third kappa shape index (κ3) is 3.59. The molecule has 1 heterocycles. The number of hydrazone groups is 1. The molecule has 0 radical (unpaired) electrons. The van der Waals surface area contributed by atoms with Gasteiger partial charge in [-0.2, -0.15) is 5.10 Å². The van der Waals surface area contributed by atoms with Crippen LogP contribution in [-0.4, -0.2) is 31.5 Å². The van der Waals surface area contributed by atoms with Crippen LogP contribution >= 0.6 is 0 Å². The molecule has 1 N–H and O–H groups in total. The number of carbonyl (C=O) groups excluding carboxylic acids is 1. The summed E-state index contributed by atoms with van der Waals surface area (Å²) in [5.74, 6) is -0.818. The lowest BCUT2D eigenvalue weighted by Gasteiger charge is -2.07. The second kappa shape index (κ2) is 6.12. The molecule has 120 valence electrons. The smallest absolute Gasteiger partial charge is 0.244 e. The number of amides is 1. The molecular formula is C17H18N2O3S. The average Bonchev–Trinajstić information content (AvgIpc) is 2.92. The molecule has 0 unspecified atom stereocenters. The molecule has 0 bridgehead atoms. The third-order valence-corrected chi connectivity index (χ3v) is 5.87. The summed E-state index contributed by atoms with van der Waals surface area (Å²) < 4.78 is 22.8. The number of hydrogen-bond acceptors (Lipinski definition) is 4. The van der Waals surface area contributed by atoms with Crippen molar-refractivity contribution in [1.29, 1.82) is 0 Å². The van der Waals surface area contributed by atoms with Crippen LogP contribution in [0.25, 0.3) is 10.8 Å². The Labute approximate surface area is 135 Å². The van der Waals surface area contributed by atoms with E-state index < -0.39 is 15.8 Å². The summed E-state index contributed by atoms with van der Waals surface area (Å²) in [6.07, 6.45) is 0.374. The lowest BCUT2D eigenvalue weighted by molar-refractivity contribution is -0.124. The van der Waals surface area contributed by atoms with E-state index in [0.717, 1.165) is 16.3 Å². The van der Waals surface area contributed by atoms with Crippen molar-refractivity contribution in [1.82, 2.24) is 5.43 Å². The van der Waals surface area contributed by atoms with Gasteiger partial charge in [0.05, 0.1) is 23.1 Å². The first-order valence-electron chi connectivity index (χ1n) is 7.48. The summed E-state index contributed by atoms with van der Waals surface area (Å²) in [5.41, 5.74) is 4.10. The maximum absolute atomic E-state index is 12.0. The van der Waals surface area contributed by atoms with E-state index in [1.807, 2.05) is 49.4 Å². The second-order valence-corrected chi connectivity index (χ2v) is 8.06. The molecule has 0 aliphatic carbocycles. The minimum absolute atomic E-state index is 0.0800. The molecular weight excluding hydrogens is 312 g/mol. The summed E-state index contributed by atoms with van der Waals surface area (Å²) in [6.45, 7) is 1.82. The highest BCUT2D eigenvalue weighted by Crippen LogP contribution is 2.19. The molecule has 1 amide bonds. The van der Waals surface area contributed by atoms with Crippen LogP contribution in [0.1, 0.15) is 18.9 Å². The van der Waals surface area contributed by atoms with Gasteiger partial charge in [-0.1, -0.05) is 36.4 Å². The molecule has 23 heavy (non-hydrogen) atoms. The summed E-state index contributed by atoms with van der Waals surface area (Å²) in [5, 5.41) is 6.36. The quantitative estimate of drug-likeness (QED) is 0.692. The Balaban J connectivity index is 1.72. The van der Waals surface area contributed by atoms with Gasteiger partial charge in [0.25, 0.3) is 0 Å². The maximum Gasteiger partial charge on any atom is 0.244 e. The second-order valence-electron chi connectivity index (χ2n) is 5.84. The van der Waals surface area contributed by atoms with Gasteiger partial charge < -0.3 is 0 Å². The highest BCUT2D eigenvalue weighted by Gasteiger charge is 2.32. The fourth-order valence-electron chi connectivity index (χ4n) is 2.71. The van der Waals surface area contributed by atoms with Gasteiger partial charge in [-0.3, -0.25) is 4.79 Å². The molecule has 1 fully saturated rings. The van der Waals surface area contributed by atoms with Gasteiger partial charge in [0.2, 0.25) is 5.91 Å². The molecule has 0 saturated carbocycles. The molecule has 1 atom stereocenters. The molecule has 1 aliphatic heterocycles. The Morgan fingerprint density at radius 1 is 1.17 bits per heavy atom. The van der Waals surface area contributed by atoms with E-state index in [2.05, 4.69) is 10.5 Å². The zero-order valence-corrected chi connectivity index (χ0v) is 13.6. The van der Waals surface area contributed by atoms with Crippen LogP contribution in [0.2, 0.25) is 0 Å². The molecule has 1 aliphatic rings. The molecule has 2 aromatic carbocycles. The SMILES string of the molecule is C/C(=N/NC(=O)[C@@H]1CCS(=O)(=O)C1)c1ccc2ccccc2c1. The van der Waals surface area contributed by atoms with E-state index in [9.17, 15) is 13.2 Å². The van der Waals surface area contributed by atoms with Gasteiger partial charge in [0, 0.05) is 0 Å². The van der Waals surface area contributed by atoms with Crippen molar-refractivity contribution < 1.29 is 13.2 Å². The van der Waals surface area contributed by atoms with Gasteiger partial charge in [0.1, 0.15) is 0 Å². The molecule has 6 heteroatoms. The fourth-order valence-corrected chi connectivity index (χ4v) is 4.45. The Morgan fingerprint density at radius 2 is 1.91 bits per heavy atom. The first kappa shape index (κ1) is 15.7. The third-order valence-electron chi connectivity index (χ3n) is 4.10. The van der Waals surface area contributed by atoms with E-state index in [-0.39, 0.29) is 17.4 Å². The highest BCUT2D eigenvalue weighted by atomic mass is 32.2. The topological polar surface area (TPSA) is 75.6 Å². The van der Waals surface area contributed by atoms with Crippen molar-refractivity contribution >= 4 is 32.2 Å². The summed E-state index contributed by atoms with van der Waals surface area (Å²) >= 11 is 0. The lowest BCUT2D eigenvalue weighted by Crippen LogP contribution is -2.28. The minimum Gasteiger partial charge on any atom is -0.273 e. The van der Waals surface area contributed by atoms with Crippen molar-refractivity contribution in [3.05, 3.63) is 48.0 Å². The Morgan fingerprint density at radius 3 is 2.61 bits per heavy atom. The first-order valence-corrected chi connectivity index (χ1v) is 9.30. The van der Waals surface area contributed by atoms with E-state index in [1.54, 1.807) is 0 Å². The van der Waals surface area contributed by atoms with Crippen LogP contribution in [0.15, 0.2) is 47.6 Å². The van der Waals surface area contributed by atoms with Gasteiger partial charge in [-0.05, 0) is 35.7 Å². The number of nitrogens with one attached hydrogen (secondary N) is 1. The average molecular weight is 330 g/mol. The van der Waals surface area contributed by atoms with Crippen LogP contribution < -0.4 is 5.43 Å². The molecule has 5 nitrogen and oxygen atoms in total. The van der Waals surface area contributed by atoms with E-state index in [1.165, 1.54) is 0 Å². The van der Waals surface area contributed by atoms with E-state index >= 15 is 0 Å². The Kier molecular flexibility index (Phi) is 4.17. The van der Waals surface area contributed by atoms with Crippen molar-refractivity contribution in [2.75, 3.05) is 11.5 Å². The largest absolute Gasteiger partial charge is 0.273 e. The minimum atomic E-state index is -3.06. The maximum atomic E-state index is 12.0. The van der Waals surface area contributed by atoms with Gasteiger partial charge in [-0.25, -0.2) is 13.8 Å². The number of fused-ring (bicyclic) bond motifs is 1. The zero-order chi connectivity index (χ0) is 16.4. The normalized spacial score (nSPS) is 20.6. The monoisotopic (exact) mass is 330 g/mol. The van der Waals surface area contributed by atoms with Crippen LogP contribution in [0, 0.1) is 5.92 Å². The molecule has 3 rings (SSSR count). The van der Waals surface area contributed by atoms with Crippen molar-refractivity contribution in [3.63, 3.8) is 0 Å². The van der Waals surface area contributed by atoms with Crippen molar-refractivity contribution in [2.45, 2.75) is 13.3 Å². The van der Waals surface area contributed by atoms with Gasteiger partial charge in [-0.15, -0.1) is 0 Å². The van der Waals surface area contributed by atoms with Crippen molar-refractivity contribution in [3.8, 4) is 0 Å². The molecule has 1 saturated heterocycles. The highest BCUT2D eigenvalue weighted by molar-refractivity contribution is 7.91. The predicted octanol–water partition coefficient (Wildman–Crippen LogP) is 2.11. The number of rotatable bonds is 3.